The van der Waals surface area contributed by atoms with Gasteiger partial charge in [0.2, 0.25) is 0 Å². The van der Waals surface area contributed by atoms with Crippen LogP contribution >= 0.6 is 18.2 Å². The van der Waals surface area contributed by atoms with Crippen molar-refractivity contribution in [3.63, 3.8) is 0 Å². The molecule has 0 bridgehead atoms. The minimum atomic E-state index is -3.42. The summed E-state index contributed by atoms with van der Waals surface area (Å²) in [7, 11) is 0. The minimum absolute atomic E-state index is 0.424. The summed E-state index contributed by atoms with van der Waals surface area (Å²) in [6.07, 6.45) is 19.9. The van der Waals surface area contributed by atoms with Crippen LogP contribution in [0.4, 0.5) is 0 Å². The Labute approximate surface area is 161 Å². The zero-order valence-electron chi connectivity index (χ0n) is 16.8. The van der Waals surface area contributed by atoms with Crippen LogP contribution in [0.3, 0.4) is 0 Å². The highest BCUT2D eigenvalue weighted by molar-refractivity contribution is 8.54. The SMILES string of the molecule is CCCCCCCCCCOP(=O)(O)SCCCCCCCCCC. The summed E-state index contributed by atoms with van der Waals surface area (Å²) in [5, 5.41) is 0. The first kappa shape index (κ1) is 25.5. The van der Waals surface area contributed by atoms with Crippen molar-refractivity contribution in [1.82, 2.24) is 0 Å². The summed E-state index contributed by atoms with van der Waals surface area (Å²) >= 11 is 1.12. The molecule has 0 aliphatic carbocycles. The maximum absolute atomic E-state index is 11.9. The van der Waals surface area contributed by atoms with Crippen molar-refractivity contribution in [3.8, 4) is 0 Å². The highest BCUT2D eigenvalue weighted by atomic mass is 32.7. The second-order valence-electron chi connectivity index (χ2n) is 7.08. The fraction of sp³-hybridized carbons (Fsp3) is 1.00. The molecule has 0 amide bonds. The van der Waals surface area contributed by atoms with Gasteiger partial charge in [-0.2, -0.15) is 0 Å². The van der Waals surface area contributed by atoms with Gasteiger partial charge in [-0.1, -0.05) is 104 Å². The van der Waals surface area contributed by atoms with E-state index in [-0.39, 0.29) is 0 Å². The Morgan fingerprint density at radius 2 is 1.08 bits per heavy atom. The van der Waals surface area contributed by atoms with E-state index in [0.717, 1.165) is 42.8 Å². The lowest BCUT2D eigenvalue weighted by Gasteiger charge is -2.11. The Morgan fingerprint density at radius 3 is 1.56 bits per heavy atom. The zero-order chi connectivity index (χ0) is 18.6. The summed E-state index contributed by atoms with van der Waals surface area (Å²) in [4.78, 5) is 9.81. The van der Waals surface area contributed by atoms with Crippen molar-refractivity contribution in [3.05, 3.63) is 0 Å². The molecule has 1 N–H and O–H groups in total. The first-order valence-electron chi connectivity index (χ1n) is 10.7. The molecule has 0 heterocycles. The Bertz CT molecular complexity index is 287. The largest absolute Gasteiger partial charge is 0.386 e. The molecule has 0 aromatic rings. The molecule has 0 aliphatic rings. The molecular weight excluding hydrogens is 351 g/mol. The van der Waals surface area contributed by atoms with Crippen LogP contribution in [0.15, 0.2) is 0 Å². The van der Waals surface area contributed by atoms with Gasteiger partial charge >= 0.3 is 6.80 Å². The van der Waals surface area contributed by atoms with Crippen LogP contribution < -0.4 is 0 Å². The second kappa shape index (κ2) is 19.3. The van der Waals surface area contributed by atoms with Gasteiger partial charge < -0.3 is 9.42 Å². The summed E-state index contributed by atoms with van der Waals surface area (Å²) in [5.41, 5.74) is 0. The summed E-state index contributed by atoms with van der Waals surface area (Å²) < 4.78 is 17.1. The van der Waals surface area contributed by atoms with Gasteiger partial charge in [-0.15, -0.1) is 0 Å². The van der Waals surface area contributed by atoms with E-state index in [1.54, 1.807) is 0 Å². The molecule has 0 rings (SSSR count). The number of rotatable bonds is 20. The maximum Gasteiger partial charge on any atom is 0.386 e. The van der Waals surface area contributed by atoms with Crippen LogP contribution in [-0.2, 0) is 9.09 Å². The number of hydrogen-bond donors (Lipinski definition) is 1. The molecule has 1 atom stereocenters. The van der Waals surface area contributed by atoms with Gasteiger partial charge in [0.1, 0.15) is 0 Å². The highest BCUT2D eigenvalue weighted by Gasteiger charge is 2.19. The summed E-state index contributed by atoms with van der Waals surface area (Å²) in [6.45, 7) is 1.48. The Hall–Kier alpha value is 0.500. The van der Waals surface area contributed by atoms with E-state index in [9.17, 15) is 9.46 Å². The van der Waals surface area contributed by atoms with Crippen LogP contribution in [0.25, 0.3) is 0 Å². The fourth-order valence-electron chi connectivity index (χ4n) is 2.87. The van der Waals surface area contributed by atoms with Gasteiger partial charge in [0.25, 0.3) is 0 Å². The fourth-order valence-corrected chi connectivity index (χ4v) is 5.39. The zero-order valence-corrected chi connectivity index (χ0v) is 18.6. The maximum atomic E-state index is 11.9. The molecule has 0 saturated heterocycles. The molecule has 5 heteroatoms. The molecule has 0 aromatic carbocycles. The Kier molecular flexibility index (Phi) is 19.7. The molecule has 0 spiro atoms. The lowest BCUT2D eigenvalue weighted by Crippen LogP contribution is -1.92. The third-order valence-electron chi connectivity index (χ3n) is 4.50. The van der Waals surface area contributed by atoms with E-state index < -0.39 is 6.80 Å². The van der Waals surface area contributed by atoms with E-state index in [0.29, 0.717) is 6.61 Å². The van der Waals surface area contributed by atoms with E-state index >= 15 is 0 Å². The smallest absolute Gasteiger partial charge is 0.316 e. The molecule has 0 aliphatic heterocycles. The minimum Gasteiger partial charge on any atom is -0.316 e. The van der Waals surface area contributed by atoms with Crippen LogP contribution in [0.2, 0.25) is 0 Å². The standard InChI is InChI=1S/C20H43O3PS/c1-3-5-7-9-11-13-15-17-19-23-24(21,22)25-20-18-16-14-12-10-8-6-4-2/h3-20H2,1-2H3,(H,21,22). The Balaban J connectivity index is 3.34. The van der Waals surface area contributed by atoms with Crippen molar-refractivity contribution in [2.75, 3.05) is 12.4 Å². The highest BCUT2D eigenvalue weighted by Crippen LogP contribution is 2.55. The molecular formula is C20H43O3PS. The Morgan fingerprint density at radius 1 is 0.680 bits per heavy atom. The van der Waals surface area contributed by atoms with E-state index in [4.69, 9.17) is 4.52 Å². The average molecular weight is 395 g/mol. The van der Waals surface area contributed by atoms with Gasteiger partial charge in [-0.05, 0) is 24.2 Å². The second-order valence-corrected chi connectivity index (χ2v) is 11.1. The number of unbranched alkanes of at least 4 members (excludes halogenated alkanes) is 14. The van der Waals surface area contributed by atoms with Gasteiger partial charge in [-0.3, -0.25) is 0 Å². The van der Waals surface area contributed by atoms with Gasteiger partial charge in [-0.25, -0.2) is 4.57 Å². The van der Waals surface area contributed by atoms with Crippen molar-refractivity contribution in [1.29, 1.82) is 0 Å². The van der Waals surface area contributed by atoms with E-state index in [2.05, 4.69) is 13.8 Å². The molecule has 0 radical (unpaired) electrons. The van der Waals surface area contributed by atoms with Gasteiger partial charge in [0.05, 0.1) is 6.61 Å². The van der Waals surface area contributed by atoms with Crippen LogP contribution in [0.1, 0.15) is 117 Å². The number of hydrogen-bond acceptors (Lipinski definition) is 3. The third-order valence-corrected chi connectivity index (χ3v) is 7.65. The summed E-state index contributed by atoms with van der Waals surface area (Å²) in [5.74, 6) is 0.736. The molecule has 0 fully saturated rings. The molecule has 1 unspecified atom stereocenters. The third kappa shape index (κ3) is 20.7. The van der Waals surface area contributed by atoms with Crippen molar-refractivity contribution in [2.24, 2.45) is 0 Å². The molecule has 3 nitrogen and oxygen atoms in total. The van der Waals surface area contributed by atoms with E-state index in [1.165, 1.54) is 77.0 Å². The normalized spacial score (nSPS) is 13.9. The lowest BCUT2D eigenvalue weighted by molar-refractivity contribution is 0.268. The van der Waals surface area contributed by atoms with Crippen LogP contribution in [0, 0.1) is 0 Å². The van der Waals surface area contributed by atoms with Crippen molar-refractivity contribution < 1.29 is 14.0 Å². The van der Waals surface area contributed by atoms with E-state index in [1.807, 2.05) is 0 Å². The predicted octanol–water partition coefficient (Wildman–Crippen LogP) is 8.12. The molecule has 0 saturated carbocycles. The van der Waals surface area contributed by atoms with Crippen LogP contribution in [-0.4, -0.2) is 17.3 Å². The van der Waals surface area contributed by atoms with Crippen molar-refractivity contribution in [2.45, 2.75) is 117 Å². The molecule has 152 valence electrons. The topological polar surface area (TPSA) is 46.5 Å². The first-order valence-corrected chi connectivity index (χ1v) is 13.9. The monoisotopic (exact) mass is 394 g/mol. The predicted molar refractivity (Wildman–Crippen MR) is 113 cm³/mol. The summed E-state index contributed by atoms with van der Waals surface area (Å²) in [6, 6.07) is 0. The van der Waals surface area contributed by atoms with Gasteiger partial charge in [0.15, 0.2) is 0 Å². The lowest BCUT2D eigenvalue weighted by atomic mass is 10.1. The van der Waals surface area contributed by atoms with Crippen molar-refractivity contribution >= 4 is 18.2 Å². The van der Waals surface area contributed by atoms with Gasteiger partial charge in [0, 0.05) is 5.75 Å². The average Bonchev–Trinajstić information content (AvgIpc) is 2.59. The molecule has 0 aromatic heterocycles. The first-order chi connectivity index (χ1) is 12.1. The van der Waals surface area contributed by atoms with Crippen LogP contribution in [0.5, 0.6) is 0 Å². The quantitative estimate of drug-likeness (QED) is 0.167. The molecule has 25 heavy (non-hydrogen) atoms.